The van der Waals surface area contributed by atoms with Gasteiger partial charge in [-0.05, 0) is 29.8 Å². The lowest BCUT2D eigenvalue weighted by Gasteiger charge is -2.30. The van der Waals surface area contributed by atoms with E-state index in [1.165, 1.54) is 4.90 Å². The van der Waals surface area contributed by atoms with E-state index in [9.17, 15) is 9.90 Å². The zero-order valence-corrected chi connectivity index (χ0v) is 17.6. The maximum absolute atomic E-state index is 13.2. The van der Waals surface area contributed by atoms with Gasteiger partial charge in [0.25, 0.3) is 5.91 Å². The van der Waals surface area contributed by atoms with E-state index in [0.717, 1.165) is 11.1 Å². The molecule has 4 rings (SSSR count). The maximum atomic E-state index is 13.2. The van der Waals surface area contributed by atoms with E-state index < -0.39 is 11.6 Å². The van der Waals surface area contributed by atoms with Gasteiger partial charge >= 0.3 is 0 Å². The van der Waals surface area contributed by atoms with Crippen molar-refractivity contribution in [2.75, 3.05) is 7.11 Å². The van der Waals surface area contributed by atoms with Crippen LogP contribution in [-0.2, 0) is 11.2 Å². The predicted molar refractivity (Wildman–Crippen MR) is 116 cm³/mol. The highest BCUT2D eigenvalue weighted by atomic mass is 16.5. The Labute approximate surface area is 176 Å². The normalized spacial score (nSPS) is 18.9. The van der Waals surface area contributed by atoms with Gasteiger partial charge in [0.1, 0.15) is 11.5 Å². The molecule has 0 spiro atoms. The minimum Gasteiger partial charge on any atom is -0.497 e. The van der Waals surface area contributed by atoms with E-state index >= 15 is 0 Å². The molecule has 6 heteroatoms. The second kappa shape index (κ2) is 7.54. The SMILES string of the molecule is COc1ccc(C2=NC(Cc3ccccc3)=C3N=C(C(C)(C)C)C(=O)N3C2O)cc1. The predicted octanol–water partition coefficient (Wildman–Crippen LogP) is 3.56. The van der Waals surface area contributed by atoms with Crippen molar-refractivity contribution in [3.8, 4) is 5.75 Å². The van der Waals surface area contributed by atoms with Gasteiger partial charge < -0.3 is 9.84 Å². The molecule has 0 bridgehead atoms. The van der Waals surface area contributed by atoms with E-state index in [2.05, 4.69) is 4.99 Å². The number of hydrogen-bond acceptors (Lipinski definition) is 5. The van der Waals surface area contributed by atoms with Crippen LogP contribution in [0.1, 0.15) is 31.9 Å². The van der Waals surface area contributed by atoms with Crippen LogP contribution in [0.15, 0.2) is 76.1 Å². The van der Waals surface area contributed by atoms with Crippen molar-refractivity contribution < 1.29 is 14.6 Å². The van der Waals surface area contributed by atoms with Gasteiger partial charge in [0, 0.05) is 17.4 Å². The highest BCUT2D eigenvalue weighted by Gasteiger charge is 2.45. The monoisotopic (exact) mass is 403 g/mol. The number of carbonyl (C=O) groups excluding carboxylic acids is 1. The van der Waals surface area contributed by atoms with E-state index in [1.54, 1.807) is 7.11 Å². The Balaban J connectivity index is 1.84. The summed E-state index contributed by atoms with van der Waals surface area (Å²) in [5.41, 5.74) is 2.84. The second-order valence-corrected chi connectivity index (χ2v) is 8.42. The Hall–Kier alpha value is -3.25. The van der Waals surface area contributed by atoms with Gasteiger partial charge in [-0.25, -0.2) is 9.98 Å². The Morgan fingerprint density at radius 3 is 2.30 bits per heavy atom. The third-order valence-corrected chi connectivity index (χ3v) is 5.18. The molecule has 0 saturated carbocycles. The van der Waals surface area contributed by atoms with Crippen molar-refractivity contribution in [1.29, 1.82) is 0 Å². The highest BCUT2D eigenvalue weighted by molar-refractivity contribution is 6.43. The molecule has 0 saturated heterocycles. The minimum atomic E-state index is -1.20. The van der Waals surface area contributed by atoms with Gasteiger partial charge in [-0.15, -0.1) is 0 Å². The molecule has 2 aliphatic rings. The van der Waals surface area contributed by atoms with Gasteiger partial charge in [-0.1, -0.05) is 51.1 Å². The van der Waals surface area contributed by atoms with E-state index in [4.69, 9.17) is 9.73 Å². The molecule has 2 heterocycles. The van der Waals surface area contributed by atoms with Crippen LogP contribution >= 0.6 is 0 Å². The second-order valence-electron chi connectivity index (χ2n) is 8.42. The van der Waals surface area contributed by atoms with Crippen LogP contribution in [-0.4, -0.2) is 40.7 Å². The molecule has 0 aliphatic carbocycles. The highest BCUT2D eigenvalue weighted by Crippen LogP contribution is 2.35. The van der Waals surface area contributed by atoms with Crippen molar-refractivity contribution in [2.24, 2.45) is 15.4 Å². The third kappa shape index (κ3) is 3.55. The smallest absolute Gasteiger partial charge is 0.276 e. The summed E-state index contributed by atoms with van der Waals surface area (Å²) >= 11 is 0. The molecule has 30 heavy (non-hydrogen) atoms. The first-order valence-electron chi connectivity index (χ1n) is 9.90. The number of ether oxygens (including phenoxy) is 1. The van der Waals surface area contributed by atoms with Gasteiger partial charge in [-0.2, -0.15) is 0 Å². The third-order valence-electron chi connectivity index (χ3n) is 5.18. The summed E-state index contributed by atoms with van der Waals surface area (Å²) in [7, 11) is 1.60. The zero-order valence-electron chi connectivity index (χ0n) is 17.6. The quantitative estimate of drug-likeness (QED) is 0.848. The number of carbonyl (C=O) groups is 1. The summed E-state index contributed by atoms with van der Waals surface area (Å²) in [6.45, 7) is 5.83. The van der Waals surface area contributed by atoms with Gasteiger partial charge in [0.2, 0.25) is 0 Å². The number of allylic oxidation sites excluding steroid dienone is 1. The molecule has 0 aromatic heterocycles. The van der Waals surface area contributed by atoms with Crippen LogP contribution in [0.3, 0.4) is 0 Å². The number of rotatable bonds is 4. The first-order valence-corrected chi connectivity index (χ1v) is 9.90. The molecule has 2 aliphatic heterocycles. The molecule has 1 amide bonds. The Morgan fingerprint density at radius 2 is 1.70 bits per heavy atom. The van der Waals surface area contributed by atoms with Gasteiger partial charge in [0.15, 0.2) is 12.0 Å². The number of methoxy groups -OCH3 is 1. The number of amides is 1. The molecule has 0 fully saturated rings. The first-order chi connectivity index (χ1) is 14.3. The number of benzene rings is 2. The average molecular weight is 403 g/mol. The molecule has 6 nitrogen and oxygen atoms in total. The lowest BCUT2D eigenvalue weighted by atomic mass is 9.89. The fourth-order valence-electron chi connectivity index (χ4n) is 3.60. The number of aliphatic hydroxyl groups excluding tert-OH is 1. The van der Waals surface area contributed by atoms with E-state index in [1.807, 2.05) is 75.4 Å². The fraction of sp³-hybridized carbons (Fsp3) is 0.292. The molecule has 1 unspecified atom stereocenters. The van der Waals surface area contributed by atoms with Crippen LogP contribution < -0.4 is 4.74 Å². The number of hydrogen-bond donors (Lipinski definition) is 1. The van der Waals surface area contributed by atoms with Crippen LogP contribution in [0.25, 0.3) is 0 Å². The summed E-state index contributed by atoms with van der Waals surface area (Å²) < 4.78 is 5.23. The lowest BCUT2D eigenvalue weighted by molar-refractivity contribution is -0.126. The summed E-state index contributed by atoms with van der Waals surface area (Å²) in [5.74, 6) is 0.857. The van der Waals surface area contributed by atoms with Gasteiger partial charge in [0.05, 0.1) is 18.5 Å². The lowest BCUT2D eigenvalue weighted by Crippen LogP contribution is -2.47. The average Bonchev–Trinajstić information content (AvgIpc) is 3.09. The van der Waals surface area contributed by atoms with Crippen molar-refractivity contribution >= 4 is 17.3 Å². The summed E-state index contributed by atoms with van der Waals surface area (Å²) in [6.07, 6.45) is -0.697. The fourth-order valence-corrected chi connectivity index (χ4v) is 3.60. The van der Waals surface area contributed by atoms with Crippen molar-refractivity contribution in [3.05, 3.63) is 77.2 Å². The van der Waals surface area contributed by atoms with Crippen molar-refractivity contribution in [3.63, 3.8) is 0 Å². The summed E-state index contributed by atoms with van der Waals surface area (Å²) in [4.78, 5) is 24.0. The molecular weight excluding hydrogens is 378 g/mol. The number of aliphatic hydroxyl groups is 1. The van der Waals surface area contributed by atoms with E-state index in [-0.39, 0.29) is 5.91 Å². The summed E-state index contributed by atoms with van der Waals surface area (Å²) in [6, 6.07) is 17.2. The number of aliphatic imine (C=N–C) groups is 2. The minimum absolute atomic E-state index is 0.281. The van der Waals surface area contributed by atoms with Crippen LogP contribution in [0, 0.1) is 5.41 Å². The Bertz CT molecular complexity index is 1060. The maximum Gasteiger partial charge on any atom is 0.276 e. The molecule has 2 aromatic carbocycles. The zero-order chi connectivity index (χ0) is 21.5. The molecule has 1 N–H and O–H groups in total. The van der Waals surface area contributed by atoms with Crippen LogP contribution in [0.5, 0.6) is 5.75 Å². The van der Waals surface area contributed by atoms with Gasteiger partial charge in [-0.3, -0.25) is 9.69 Å². The van der Waals surface area contributed by atoms with Crippen LogP contribution in [0.2, 0.25) is 0 Å². The van der Waals surface area contributed by atoms with E-state index in [0.29, 0.717) is 35.1 Å². The molecule has 1 atom stereocenters. The largest absolute Gasteiger partial charge is 0.497 e. The summed E-state index contributed by atoms with van der Waals surface area (Å²) in [5, 5.41) is 11.1. The topological polar surface area (TPSA) is 74.5 Å². The van der Waals surface area contributed by atoms with Crippen molar-refractivity contribution in [2.45, 2.75) is 33.4 Å². The standard InChI is InChI=1S/C24H25N3O3/c1-24(2,3)20-23(29)27-21(26-20)18(14-15-8-6-5-7-9-15)25-19(22(27)28)16-10-12-17(30-4)13-11-16/h5-13,22,28H,14H2,1-4H3. The Kier molecular flexibility index (Phi) is 5.03. The van der Waals surface area contributed by atoms with Crippen molar-refractivity contribution in [1.82, 2.24) is 4.90 Å². The Morgan fingerprint density at radius 1 is 1.03 bits per heavy atom. The molecule has 154 valence electrons. The number of nitrogens with zero attached hydrogens (tertiary/aromatic N) is 3. The molecule has 2 aromatic rings. The first kappa shape index (κ1) is 20.0. The van der Waals surface area contributed by atoms with Crippen LogP contribution in [0.4, 0.5) is 0 Å². The molecular formula is C24H25N3O3. The number of fused-ring (bicyclic) bond motifs is 1. The molecule has 0 radical (unpaired) electrons.